The van der Waals surface area contributed by atoms with Gasteiger partial charge in [0.2, 0.25) is 5.91 Å². The molecular formula is C19H20N2O2. The van der Waals surface area contributed by atoms with Crippen LogP contribution in [-0.2, 0) is 4.79 Å². The molecule has 0 saturated heterocycles. The molecule has 2 aromatic carbocycles. The van der Waals surface area contributed by atoms with Crippen molar-refractivity contribution in [2.45, 2.75) is 25.7 Å². The van der Waals surface area contributed by atoms with Crippen LogP contribution in [0.1, 0.15) is 36.8 Å². The number of hydrazone groups is 1. The van der Waals surface area contributed by atoms with E-state index >= 15 is 0 Å². The number of hydrogen-bond donors (Lipinski definition) is 2. The Hall–Kier alpha value is -2.62. The fourth-order valence-corrected chi connectivity index (χ4v) is 2.81. The highest BCUT2D eigenvalue weighted by Gasteiger charge is 2.43. The molecule has 2 atom stereocenters. The highest BCUT2D eigenvalue weighted by molar-refractivity contribution is 6.03. The van der Waals surface area contributed by atoms with Crippen LogP contribution in [0, 0.1) is 5.92 Å². The van der Waals surface area contributed by atoms with Crippen LogP contribution in [0.5, 0.6) is 5.75 Å². The first-order chi connectivity index (χ1) is 11.2. The minimum absolute atomic E-state index is 0.0105. The molecule has 4 nitrogen and oxygen atoms in total. The molecule has 0 unspecified atom stereocenters. The monoisotopic (exact) mass is 308 g/mol. The maximum atomic E-state index is 12.2. The van der Waals surface area contributed by atoms with E-state index in [1.54, 1.807) is 18.2 Å². The molecule has 1 saturated carbocycles. The van der Waals surface area contributed by atoms with Crippen molar-refractivity contribution in [3.05, 3.63) is 65.7 Å². The van der Waals surface area contributed by atoms with Crippen molar-refractivity contribution in [3.63, 3.8) is 0 Å². The van der Waals surface area contributed by atoms with Crippen molar-refractivity contribution >= 4 is 11.6 Å². The lowest BCUT2D eigenvalue weighted by Crippen LogP contribution is -2.22. The summed E-state index contributed by atoms with van der Waals surface area (Å²) in [6.07, 6.45) is 1.49. The van der Waals surface area contributed by atoms with Gasteiger partial charge in [-0.05, 0) is 36.5 Å². The van der Waals surface area contributed by atoms with Gasteiger partial charge in [0, 0.05) is 11.5 Å². The molecule has 0 aliphatic heterocycles. The lowest BCUT2D eigenvalue weighted by atomic mass is 10.1. The normalized spacial score (nSPS) is 20.1. The van der Waals surface area contributed by atoms with Gasteiger partial charge in [-0.1, -0.05) is 49.4 Å². The lowest BCUT2D eigenvalue weighted by molar-refractivity contribution is -0.122. The fraction of sp³-hybridized carbons (Fsp3) is 0.263. The third-order valence-corrected chi connectivity index (χ3v) is 4.21. The van der Waals surface area contributed by atoms with E-state index in [9.17, 15) is 9.90 Å². The SMILES string of the molecule is CCC(=NNC(=O)[C@@H]1C[C@@H]1c1ccccc1)c1ccccc1O. The molecule has 23 heavy (non-hydrogen) atoms. The van der Waals surface area contributed by atoms with Crippen molar-refractivity contribution in [1.29, 1.82) is 0 Å². The van der Waals surface area contributed by atoms with Crippen molar-refractivity contribution in [1.82, 2.24) is 5.43 Å². The average Bonchev–Trinajstić information content (AvgIpc) is 3.38. The maximum absolute atomic E-state index is 12.2. The molecule has 0 spiro atoms. The molecule has 1 fully saturated rings. The van der Waals surface area contributed by atoms with E-state index in [-0.39, 0.29) is 17.6 Å². The van der Waals surface area contributed by atoms with Crippen molar-refractivity contribution in [3.8, 4) is 5.75 Å². The summed E-state index contributed by atoms with van der Waals surface area (Å²) in [6, 6.07) is 17.1. The van der Waals surface area contributed by atoms with Gasteiger partial charge in [-0.25, -0.2) is 5.43 Å². The largest absolute Gasteiger partial charge is 0.507 e. The molecule has 4 heteroatoms. The number of phenols is 1. The van der Waals surface area contributed by atoms with Gasteiger partial charge in [-0.2, -0.15) is 5.10 Å². The van der Waals surface area contributed by atoms with Crippen LogP contribution in [0.2, 0.25) is 0 Å². The van der Waals surface area contributed by atoms with E-state index in [0.29, 0.717) is 23.6 Å². The van der Waals surface area contributed by atoms with Gasteiger partial charge in [0.1, 0.15) is 5.75 Å². The Bertz CT molecular complexity index is 725. The predicted molar refractivity (Wildman–Crippen MR) is 90.4 cm³/mol. The number of nitrogens with one attached hydrogen (secondary N) is 1. The molecule has 3 rings (SSSR count). The molecule has 1 amide bonds. The number of para-hydroxylation sites is 1. The maximum Gasteiger partial charge on any atom is 0.243 e. The smallest absolute Gasteiger partial charge is 0.243 e. The second-order valence-corrected chi connectivity index (χ2v) is 5.76. The Balaban J connectivity index is 1.65. The highest BCUT2D eigenvalue weighted by Crippen LogP contribution is 2.47. The highest BCUT2D eigenvalue weighted by atomic mass is 16.3. The first-order valence-corrected chi connectivity index (χ1v) is 7.90. The molecule has 1 aliphatic rings. The van der Waals surface area contributed by atoms with Gasteiger partial charge in [0.15, 0.2) is 0 Å². The second-order valence-electron chi connectivity index (χ2n) is 5.76. The molecule has 0 aromatic heterocycles. The molecule has 1 aliphatic carbocycles. The fourth-order valence-electron chi connectivity index (χ4n) is 2.81. The molecule has 0 bridgehead atoms. The quantitative estimate of drug-likeness (QED) is 0.656. The van der Waals surface area contributed by atoms with E-state index < -0.39 is 0 Å². The van der Waals surface area contributed by atoms with Gasteiger partial charge in [0.25, 0.3) is 0 Å². The number of nitrogens with zero attached hydrogens (tertiary/aromatic N) is 1. The van der Waals surface area contributed by atoms with E-state index in [0.717, 1.165) is 6.42 Å². The molecule has 0 radical (unpaired) electrons. The minimum atomic E-state index is -0.0553. The van der Waals surface area contributed by atoms with Gasteiger partial charge in [-0.3, -0.25) is 4.79 Å². The average molecular weight is 308 g/mol. The number of aromatic hydroxyl groups is 1. The topological polar surface area (TPSA) is 61.7 Å². The Morgan fingerprint density at radius 2 is 1.87 bits per heavy atom. The van der Waals surface area contributed by atoms with Crippen molar-refractivity contribution in [2.75, 3.05) is 0 Å². The zero-order valence-corrected chi connectivity index (χ0v) is 13.1. The third kappa shape index (κ3) is 3.42. The standard InChI is InChI=1S/C19H20N2O2/c1-2-17(14-10-6-7-11-18(14)22)20-21-19(23)16-12-15(16)13-8-4-3-5-9-13/h3-11,15-16,22H,2,12H2,1H3,(H,21,23)/t15-,16-/m1/s1. The summed E-state index contributed by atoms with van der Waals surface area (Å²) < 4.78 is 0. The number of rotatable bonds is 5. The predicted octanol–water partition coefficient (Wildman–Crippen LogP) is 3.43. The van der Waals surface area contributed by atoms with Crippen LogP contribution in [0.4, 0.5) is 0 Å². The first-order valence-electron chi connectivity index (χ1n) is 7.90. The lowest BCUT2D eigenvalue weighted by Gasteiger charge is -2.07. The summed E-state index contributed by atoms with van der Waals surface area (Å²) in [5, 5.41) is 14.1. The van der Waals surface area contributed by atoms with E-state index in [2.05, 4.69) is 22.7 Å². The van der Waals surface area contributed by atoms with E-state index in [4.69, 9.17) is 0 Å². The van der Waals surface area contributed by atoms with E-state index in [1.165, 1.54) is 5.56 Å². The van der Waals surface area contributed by atoms with Crippen LogP contribution in [0.3, 0.4) is 0 Å². The molecule has 2 N–H and O–H groups in total. The summed E-state index contributed by atoms with van der Waals surface area (Å²) in [7, 11) is 0. The minimum Gasteiger partial charge on any atom is -0.507 e. The molecule has 0 heterocycles. The number of hydrogen-bond acceptors (Lipinski definition) is 3. The summed E-state index contributed by atoms with van der Waals surface area (Å²) in [4.78, 5) is 12.2. The van der Waals surface area contributed by atoms with Crippen molar-refractivity contribution < 1.29 is 9.90 Å². The number of carbonyl (C=O) groups excluding carboxylic acids is 1. The van der Waals surface area contributed by atoms with Gasteiger partial charge >= 0.3 is 0 Å². The summed E-state index contributed by atoms with van der Waals surface area (Å²) in [6.45, 7) is 1.95. The molecule has 2 aromatic rings. The third-order valence-electron chi connectivity index (χ3n) is 4.21. The van der Waals surface area contributed by atoms with Crippen LogP contribution >= 0.6 is 0 Å². The van der Waals surface area contributed by atoms with Crippen LogP contribution in [0.15, 0.2) is 59.7 Å². The summed E-state index contributed by atoms with van der Waals surface area (Å²) >= 11 is 0. The molecular weight excluding hydrogens is 288 g/mol. The van der Waals surface area contributed by atoms with Gasteiger partial charge < -0.3 is 5.11 Å². The number of phenolic OH excluding ortho intramolecular Hbond substituents is 1. The number of benzene rings is 2. The first kappa shape index (κ1) is 15.3. The molecule has 118 valence electrons. The summed E-state index contributed by atoms with van der Waals surface area (Å²) in [5.74, 6) is 0.404. The van der Waals surface area contributed by atoms with Crippen LogP contribution < -0.4 is 5.43 Å². The Kier molecular flexibility index (Phi) is 4.42. The zero-order chi connectivity index (χ0) is 16.2. The van der Waals surface area contributed by atoms with Gasteiger partial charge in [-0.15, -0.1) is 0 Å². The van der Waals surface area contributed by atoms with Crippen molar-refractivity contribution in [2.24, 2.45) is 11.0 Å². The Morgan fingerprint density at radius 1 is 1.17 bits per heavy atom. The van der Waals surface area contributed by atoms with Crippen LogP contribution in [-0.4, -0.2) is 16.7 Å². The number of amides is 1. The van der Waals surface area contributed by atoms with E-state index in [1.807, 2.05) is 31.2 Å². The van der Waals surface area contributed by atoms with Crippen LogP contribution in [0.25, 0.3) is 0 Å². The van der Waals surface area contributed by atoms with Gasteiger partial charge in [0.05, 0.1) is 5.71 Å². The number of carbonyl (C=O) groups is 1. The Morgan fingerprint density at radius 3 is 2.57 bits per heavy atom. The summed E-state index contributed by atoms with van der Waals surface area (Å²) in [5.41, 5.74) is 5.19. The Labute approximate surface area is 135 Å². The second kappa shape index (κ2) is 6.65. The zero-order valence-electron chi connectivity index (χ0n) is 13.1.